The zero-order valence-corrected chi connectivity index (χ0v) is 71.0. The quantitative estimate of drug-likeness (QED) is 0.0715. The minimum Gasteiger partial charge on any atom is -0.305 e. The van der Waals surface area contributed by atoms with E-state index < -0.39 is 32.3 Å². The van der Waals surface area contributed by atoms with Crippen LogP contribution in [0.2, 0.25) is 78.6 Å². The molecule has 88 heavy (non-hydrogen) atoms. The summed E-state index contributed by atoms with van der Waals surface area (Å²) in [5, 5.41) is 5.86. The molecule has 4 aromatic heterocycles. The monoisotopic (exact) mass is 1960 g/mol. The number of rotatable bonds is 16. The zero-order valence-electron chi connectivity index (χ0n) is 57.4. The first kappa shape index (κ1) is 83.0. The first-order chi connectivity index (χ1) is 39.1. The Kier molecular flexibility index (Phi) is 34.9. The van der Waals surface area contributed by atoms with Crippen molar-refractivity contribution in [3.63, 3.8) is 0 Å². The van der Waals surface area contributed by atoms with E-state index >= 15 is 0 Å². The first-order valence-electron chi connectivity index (χ1n) is 30.9. The molecule has 0 atom stereocenters. The molecule has 0 spiro atoms. The summed E-state index contributed by atoms with van der Waals surface area (Å²) in [7, 11) is -5.37. The molecule has 0 fully saturated rings. The van der Waals surface area contributed by atoms with Gasteiger partial charge in [-0.25, -0.2) is 0 Å². The molecule has 0 unspecified atom stereocenters. The summed E-state index contributed by atoms with van der Waals surface area (Å²) in [5.41, 5.74) is 14.9. The van der Waals surface area contributed by atoms with Gasteiger partial charge in [-0.2, -0.15) is 0 Å². The van der Waals surface area contributed by atoms with Gasteiger partial charge in [0, 0.05) is 105 Å². The predicted octanol–water partition coefficient (Wildman–Crippen LogP) is 18.7. The van der Waals surface area contributed by atoms with Crippen LogP contribution in [0.5, 0.6) is 0 Å². The van der Waals surface area contributed by atoms with Crippen LogP contribution in [0.3, 0.4) is 0 Å². The minimum absolute atomic E-state index is 0. The molecular weight excluding hydrogens is 1850 g/mol. The van der Waals surface area contributed by atoms with Gasteiger partial charge < -0.3 is 19.9 Å². The molecule has 0 aliphatic heterocycles. The Bertz CT molecular complexity index is 3280. The van der Waals surface area contributed by atoms with Gasteiger partial charge in [-0.1, -0.05) is 194 Å². The molecule has 0 saturated carbocycles. The summed E-state index contributed by atoms with van der Waals surface area (Å²) >= 11 is 0. The smallest absolute Gasteiger partial charge is 0.0798 e. The Hall–Kier alpha value is -3.06. The van der Waals surface area contributed by atoms with Crippen molar-refractivity contribution >= 4 is 53.0 Å². The Balaban J connectivity index is 0.000000578. The van der Waals surface area contributed by atoms with Gasteiger partial charge in [-0.15, -0.1) is 144 Å². The van der Waals surface area contributed by atoms with E-state index in [1.54, 1.807) is 0 Å². The fourth-order valence-corrected chi connectivity index (χ4v) is 15.2. The largest absolute Gasteiger partial charge is 0.305 e. The first-order valence-corrected chi connectivity index (χ1v) is 44.9. The average Bonchev–Trinajstić information content (AvgIpc) is 2.98. The van der Waals surface area contributed by atoms with Gasteiger partial charge in [-0.05, 0) is 105 Å². The molecule has 12 heteroatoms. The van der Waals surface area contributed by atoms with E-state index in [2.05, 4.69) is 258 Å². The van der Waals surface area contributed by atoms with Crippen LogP contribution in [-0.4, -0.2) is 52.2 Å². The van der Waals surface area contributed by atoms with Crippen molar-refractivity contribution in [3.05, 3.63) is 193 Å². The molecule has 0 amide bonds. The van der Waals surface area contributed by atoms with Crippen molar-refractivity contribution in [2.45, 2.75) is 186 Å². The van der Waals surface area contributed by atoms with Gasteiger partial charge in [0.25, 0.3) is 0 Å². The number of pyridine rings is 4. The zero-order chi connectivity index (χ0) is 62.3. The maximum atomic E-state index is 4.80. The van der Waals surface area contributed by atoms with Crippen molar-refractivity contribution in [2.75, 3.05) is 0 Å². The number of benzene rings is 4. The van der Waals surface area contributed by atoms with Crippen molar-refractivity contribution < 1.29 is 80.4 Å². The van der Waals surface area contributed by atoms with Crippen LogP contribution in [0.4, 0.5) is 0 Å². The minimum atomic E-state index is -1.37. The molecule has 0 aliphatic rings. The van der Waals surface area contributed by atoms with Crippen LogP contribution in [0.1, 0.15) is 104 Å². The summed E-state index contributed by atoms with van der Waals surface area (Å²) in [6.07, 6.45) is 15.2. The van der Waals surface area contributed by atoms with E-state index in [0.29, 0.717) is 5.92 Å². The fourth-order valence-electron chi connectivity index (χ4n) is 9.86. The summed E-state index contributed by atoms with van der Waals surface area (Å²) < 4.78 is 0. The van der Waals surface area contributed by atoms with Crippen molar-refractivity contribution in [1.82, 2.24) is 19.9 Å². The van der Waals surface area contributed by atoms with Crippen LogP contribution >= 0.6 is 0 Å². The van der Waals surface area contributed by atoms with E-state index in [4.69, 9.17) is 19.9 Å². The van der Waals surface area contributed by atoms with Gasteiger partial charge in [0.05, 0.1) is 32.3 Å². The van der Waals surface area contributed by atoms with E-state index in [-0.39, 0.29) is 91.3 Å². The summed E-state index contributed by atoms with van der Waals surface area (Å²) in [6, 6.07) is 55.0. The Morgan fingerprint density at radius 3 is 1.01 bits per heavy atom. The van der Waals surface area contributed by atoms with E-state index in [1.165, 1.54) is 55.8 Å². The van der Waals surface area contributed by atoms with Crippen molar-refractivity contribution in [2.24, 2.45) is 22.7 Å². The topological polar surface area (TPSA) is 51.6 Å². The number of hydrogen-bond donors (Lipinski definition) is 0. The molecule has 0 bridgehead atoms. The van der Waals surface area contributed by atoms with Gasteiger partial charge in [0.2, 0.25) is 0 Å². The number of nitrogens with zero attached hydrogens (tertiary/aromatic N) is 4. The predicted molar refractivity (Wildman–Crippen MR) is 379 cm³/mol. The van der Waals surface area contributed by atoms with Crippen LogP contribution in [0.15, 0.2) is 146 Å². The number of aryl methyl sites for hydroxylation is 2. The molecule has 8 rings (SSSR count). The molecule has 0 aliphatic carbocycles. The fraction of sp³-hybridized carbons (Fsp3) is 0.421. The van der Waals surface area contributed by atoms with Crippen LogP contribution in [-0.2, 0) is 106 Å². The van der Waals surface area contributed by atoms with Crippen LogP contribution in [0, 0.1) is 46.9 Å². The molecule has 0 N–H and O–H groups in total. The number of aromatic nitrogens is 4. The Morgan fingerprint density at radius 2 is 0.682 bits per heavy atom. The Morgan fingerprint density at radius 1 is 0.364 bits per heavy atom. The van der Waals surface area contributed by atoms with E-state index in [9.17, 15) is 0 Å². The third-order valence-corrected chi connectivity index (χ3v) is 22.7. The molecule has 4 aromatic carbocycles. The maximum Gasteiger partial charge on any atom is 0.0798 e. The van der Waals surface area contributed by atoms with Crippen LogP contribution < -0.4 is 20.7 Å². The van der Waals surface area contributed by atoms with Crippen molar-refractivity contribution in [3.8, 4) is 45.0 Å². The molecule has 4 heterocycles. The molecule has 4 radical (unpaired) electrons. The maximum absolute atomic E-state index is 4.80. The summed E-state index contributed by atoms with van der Waals surface area (Å²) in [5.74, 6) is 1.45. The second-order valence-corrected chi connectivity index (χ2v) is 50.6. The molecule has 484 valence electrons. The SMILES string of the molecule is CC(C)(C)Cc1cc(-c2[c-]cccc2)ncc1[Si](C)(C)C.CC(C)(C)Cc1cc([Si](C)(C)C)cnc1-c1[c-]cccc1.CC(C)CCc1cc(-c2[c-]cccc2)ncc1[Si](C)(C)C.CC(C)CCc1cc([Si](C)(C)C)cnc1-c1[c-]cccc1.[Ir].[Ir].[Ir].[Ir]. The van der Waals surface area contributed by atoms with E-state index in [1.807, 2.05) is 60.7 Å². The van der Waals surface area contributed by atoms with Gasteiger partial charge in [-0.3, -0.25) is 0 Å². The molecule has 8 aromatic rings. The van der Waals surface area contributed by atoms with Gasteiger partial charge in [0.15, 0.2) is 0 Å². The summed E-state index contributed by atoms with van der Waals surface area (Å²) in [6.45, 7) is 51.5. The normalized spacial score (nSPS) is 11.6. The third-order valence-electron chi connectivity index (χ3n) is 14.6. The molecule has 0 saturated heterocycles. The Labute approximate surface area is 594 Å². The second-order valence-electron chi connectivity index (χ2n) is 30.4. The van der Waals surface area contributed by atoms with Gasteiger partial charge >= 0.3 is 0 Å². The second kappa shape index (κ2) is 37.0. The van der Waals surface area contributed by atoms with Gasteiger partial charge in [0.1, 0.15) is 0 Å². The van der Waals surface area contributed by atoms with Crippen LogP contribution in [0.25, 0.3) is 45.0 Å². The average molecular weight is 1950 g/mol. The molecule has 4 nitrogen and oxygen atoms in total. The standard InChI is InChI=1S/4C19H26NSi.4Ir/c1-19(2,3)13-16-12-17(15-10-8-7-9-11-15)20-14-18(16)21(4,5)6;1-19(2,3)13-16-12-17(21(4,5)6)14-20-18(16)15-10-8-7-9-11-15;1-15(2)11-12-17-13-18(16-9-7-6-8-10-16)20-14-19(17)21(3,4)5;1-15(2)11-12-17-13-18(21(3,4)5)14-20-19(17)16-9-7-6-8-10-16;;;;/h2*7-10,12,14H,13H2,1-6H3;2*6-9,13-15H,11-12H2,1-5H3;;;;/q4*-1;;;;. The number of hydrogen-bond acceptors (Lipinski definition) is 4. The van der Waals surface area contributed by atoms with E-state index in [0.717, 1.165) is 76.6 Å². The van der Waals surface area contributed by atoms with Crippen molar-refractivity contribution in [1.29, 1.82) is 0 Å². The molecular formula is C76H104Ir4N4Si4-4. The summed E-state index contributed by atoms with van der Waals surface area (Å²) in [4.78, 5) is 19.0. The third kappa shape index (κ3) is 28.0.